The van der Waals surface area contributed by atoms with Crippen molar-refractivity contribution in [2.24, 2.45) is 5.92 Å². The molecule has 1 saturated heterocycles. The number of aromatic nitrogens is 2. The molecule has 0 bridgehead atoms. The van der Waals surface area contributed by atoms with Crippen LogP contribution in [0.15, 0.2) is 6.07 Å². The van der Waals surface area contributed by atoms with Gasteiger partial charge in [0.1, 0.15) is 16.8 Å². The lowest BCUT2D eigenvalue weighted by atomic mass is 10.0. The van der Waals surface area contributed by atoms with Crippen molar-refractivity contribution in [3.63, 3.8) is 0 Å². The maximum atomic E-state index is 6.10. The predicted molar refractivity (Wildman–Crippen MR) is 76.4 cm³/mol. The number of rotatable bonds is 2. The molecule has 1 unspecified atom stereocenters. The summed E-state index contributed by atoms with van der Waals surface area (Å²) in [6.45, 7) is 8.68. The maximum Gasteiger partial charge on any atom is 0.135 e. The van der Waals surface area contributed by atoms with Gasteiger partial charge in [-0.3, -0.25) is 0 Å². The standard InChI is InChI=1S/C14H22ClN3/c1-10(2)14-16-12(15)9-13(17-14)18-7-4-5-11(3)6-8-18/h9-11H,4-8H2,1-3H3. The first-order valence-corrected chi connectivity index (χ1v) is 7.23. The molecule has 0 N–H and O–H groups in total. The fraction of sp³-hybridized carbons (Fsp3) is 0.714. The topological polar surface area (TPSA) is 29.0 Å². The van der Waals surface area contributed by atoms with Crippen LogP contribution in [0.25, 0.3) is 0 Å². The van der Waals surface area contributed by atoms with Crippen molar-refractivity contribution in [2.45, 2.75) is 46.0 Å². The zero-order valence-electron chi connectivity index (χ0n) is 11.5. The van der Waals surface area contributed by atoms with E-state index < -0.39 is 0 Å². The first kappa shape index (κ1) is 13.6. The Kier molecular flexibility index (Phi) is 4.44. The van der Waals surface area contributed by atoms with Crippen LogP contribution in [0.3, 0.4) is 0 Å². The van der Waals surface area contributed by atoms with Crippen LogP contribution in [0, 0.1) is 5.92 Å². The van der Waals surface area contributed by atoms with E-state index in [0.29, 0.717) is 11.1 Å². The highest BCUT2D eigenvalue weighted by Crippen LogP contribution is 2.24. The molecule has 0 radical (unpaired) electrons. The first-order chi connectivity index (χ1) is 8.56. The summed E-state index contributed by atoms with van der Waals surface area (Å²) in [6.07, 6.45) is 3.78. The molecular weight excluding hydrogens is 246 g/mol. The van der Waals surface area contributed by atoms with Crippen LogP contribution in [0.5, 0.6) is 0 Å². The lowest BCUT2D eigenvalue weighted by Crippen LogP contribution is -2.25. The van der Waals surface area contributed by atoms with E-state index in [0.717, 1.165) is 30.6 Å². The Labute approximate surface area is 115 Å². The Morgan fingerprint density at radius 3 is 2.78 bits per heavy atom. The molecule has 100 valence electrons. The van der Waals surface area contributed by atoms with E-state index in [-0.39, 0.29) is 0 Å². The molecule has 1 fully saturated rings. The van der Waals surface area contributed by atoms with Crippen molar-refractivity contribution in [3.05, 3.63) is 17.0 Å². The summed E-state index contributed by atoms with van der Waals surface area (Å²) in [5, 5.41) is 0.556. The van der Waals surface area contributed by atoms with E-state index in [1.54, 1.807) is 0 Å². The van der Waals surface area contributed by atoms with Gasteiger partial charge in [-0.2, -0.15) is 0 Å². The largest absolute Gasteiger partial charge is 0.356 e. The molecule has 2 rings (SSSR count). The van der Waals surface area contributed by atoms with Crippen molar-refractivity contribution in [3.8, 4) is 0 Å². The number of nitrogens with zero attached hydrogens (tertiary/aromatic N) is 3. The van der Waals surface area contributed by atoms with Gasteiger partial charge in [0.25, 0.3) is 0 Å². The highest BCUT2D eigenvalue weighted by molar-refractivity contribution is 6.29. The molecule has 4 heteroatoms. The van der Waals surface area contributed by atoms with Crippen molar-refractivity contribution in [1.29, 1.82) is 0 Å². The molecule has 0 aromatic carbocycles. The Morgan fingerprint density at radius 1 is 1.28 bits per heavy atom. The summed E-state index contributed by atoms with van der Waals surface area (Å²) >= 11 is 6.10. The molecule has 0 amide bonds. The zero-order chi connectivity index (χ0) is 13.1. The summed E-state index contributed by atoms with van der Waals surface area (Å²) in [5.41, 5.74) is 0. The van der Waals surface area contributed by atoms with E-state index in [1.807, 2.05) is 6.07 Å². The highest BCUT2D eigenvalue weighted by Gasteiger charge is 2.17. The lowest BCUT2D eigenvalue weighted by Gasteiger charge is -2.22. The van der Waals surface area contributed by atoms with Gasteiger partial charge in [0.2, 0.25) is 0 Å². The maximum absolute atomic E-state index is 6.10. The number of anilines is 1. The predicted octanol–water partition coefficient (Wildman–Crippen LogP) is 3.88. The molecule has 2 heterocycles. The van der Waals surface area contributed by atoms with E-state index >= 15 is 0 Å². The van der Waals surface area contributed by atoms with E-state index in [4.69, 9.17) is 11.6 Å². The van der Waals surface area contributed by atoms with Gasteiger partial charge in [-0.25, -0.2) is 9.97 Å². The highest BCUT2D eigenvalue weighted by atomic mass is 35.5. The molecule has 18 heavy (non-hydrogen) atoms. The van der Waals surface area contributed by atoms with Crippen LogP contribution in [0.4, 0.5) is 5.82 Å². The third-order valence-corrected chi connectivity index (χ3v) is 3.75. The summed E-state index contributed by atoms with van der Waals surface area (Å²) in [5.74, 6) is 2.97. The van der Waals surface area contributed by atoms with Crippen molar-refractivity contribution in [1.82, 2.24) is 9.97 Å². The van der Waals surface area contributed by atoms with Gasteiger partial charge in [-0.05, 0) is 25.2 Å². The number of hydrogen-bond donors (Lipinski definition) is 0. The van der Waals surface area contributed by atoms with Gasteiger partial charge in [-0.15, -0.1) is 0 Å². The van der Waals surface area contributed by atoms with Crippen molar-refractivity contribution >= 4 is 17.4 Å². The number of halogens is 1. The Bertz CT molecular complexity index is 406. The van der Waals surface area contributed by atoms with Gasteiger partial charge >= 0.3 is 0 Å². The summed E-state index contributed by atoms with van der Waals surface area (Å²) in [6, 6.07) is 1.89. The van der Waals surface area contributed by atoms with Crippen LogP contribution < -0.4 is 4.90 Å². The second kappa shape index (κ2) is 5.87. The van der Waals surface area contributed by atoms with Crippen molar-refractivity contribution < 1.29 is 0 Å². The quantitative estimate of drug-likeness (QED) is 0.762. The van der Waals surface area contributed by atoms with Crippen LogP contribution in [0.2, 0.25) is 5.15 Å². The molecule has 0 saturated carbocycles. The smallest absolute Gasteiger partial charge is 0.135 e. The van der Waals surface area contributed by atoms with Gasteiger partial charge in [0.15, 0.2) is 0 Å². The van der Waals surface area contributed by atoms with Gasteiger partial charge in [-0.1, -0.05) is 32.4 Å². The Hall–Kier alpha value is -0.830. The Balaban J connectivity index is 2.21. The molecular formula is C14H22ClN3. The van der Waals surface area contributed by atoms with Crippen LogP contribution in [-0.2, 0) is 0 Å². The van der Waals surface area contributed by atoms with Crippen LogP contribution in [-0.4, -0.2) is 23.1 Å². The molecule has 1 atom stereocenters. The molecule has 3 nitrogen and oxygen atoms in total. The first-order valence-electron chi connectivity index (χ1n) is 6.85. The molecule has 0 aliphatic carbocycles. The average molecular weight is 268 g/mol. The lowest BCUT2D eigenvalue weighted by molar-refractivity contribution is 0.521. The second-order valence-corrected chi connectivity index (χ2v) is 5.97. The monoisotopic (exact) mass is 267 g/mol. The van der Waals surface area contributed by atoms with Gasteiger partial charge in [0, 0.05) is 25.1 Å². The summed E-state index contributed by atoms with van der Waals surface area (Å²) in [4.78, 5) is 11.3. The summed E-state index contributed by atoms with van der Waals surface area (Å²) < 4.78 is 0. The molecule has 1 aliphatic heterocycles. The SMILES string of the molecule is CC1CCCN(c2cc(Cl)nc(C(C)C)n2)CC1. The van der Waals surface area contributed by atoms with Crippen molar-refractivity contribution in [2.75, 3.05) is 18.0 Å². The van der Waals surface area contributed by atoms with E-state index in [9.17, 15) is 0 Å². The van der Waals surface area contributed by atoms with E-state index in [1.165, 1.54) is 19.3 Å². The molecule has 1 aliphatic rings. The number of hydrogen-bond acceptors (Lipinski definition) is 3. The molecule has 0 spiro atoms. The third kappa shape index (κ3) is 3.35. The van der Waals surface area contributed by atoms with Gasteiger partial charge in [0.05, 0.1) is 0 Å². The van der Waals surface area contributed by atoms with Gasteiger partial charge < -0.3 is 4.90 Å². The summed E-state index contributed by atoms with van der Waals surface area (Å²) in [7, 11) is 0. The fourth-order valence-corrected chi connectivity index (χ4v) is 2.52. The minimum atomic E-state index is 0.313. The normalized spacial score (nSPS) is 21.2. The fourth-order valence-electron chi connectivity index (χ4n) is 2.34. The molecule has 1 aromatic heterocycles. The minimum Gasteiger partial charge on any atom is -0.356 e. The van der Waals surface area contributed by atoms with E-state index in [2.05, 4.69) is 35.6 Å². The average Bonchev–Trinajstić information content (AvgIpc) is 2.53. The Morgan fingerprint density at radius 2 is 2.06 bits per heavy atom. The second-order valence-electron chi connectivity index (χ2n) is 5.58. The molecule has 1 aromatic rings. The minimum absolute atomic E-state index is 0.313. The van der Waals surface area contributed by atoms with Crippen LogP contribution in [0.1, 0.15) is 51.8 Å². The van der Waals surface area contributed by atoms with Crippen LogP contribution >= 0.6 is 11.6 Å². The zero-order valence-corrected chi connectivity index (χ0v) is 12.2. The third-order valence-electron chi connectivity index (χ3n) is 3.56.